The minimum atomic E-state index is -0.321. The molecule has 0 amide bonds. The number of nitrogens with zero attached hydrogens (tertiary/aromatic N) is 1. The molecule has 1 N–H and O–H groups in total. The van der Waals surface area contributed by atoms with Gasteiger partial charge in [-0.1, -0.05) is 12.2 Å². The molecule has 2 aromatic rings. The van der Waals surface area contributed by atoms with Crippen LogP contribution < -0.4 is 14.8 Å². The molecule has 0 fully saturated rings. The first-order valence-electron chi connectivity index (χ1n) is 9.08. The lowest BCUT2D eigenvalue weighted by Crippen LogP contribution is -2.29. The Kier molecular flexibility index (Phi) is 4.79. The Morgan fingerprint density at radius 3 is 2.68 bits per heavy atom. The van der Waals surface area contributed by atoms with E-state index in [1.807, 2.05) is 13.0 Å². The zero-order valence-corrected chi connectivity index (χ0v) is 17.4. The molecule has 2 unspecified atom stereocenters. The Morgan fingerprint density at radius 2 is 2.00 bits per heavy atom. The van der Waals surface area contributed by atoms with Crippen molar-refractivity contribution in [3.05, 3.63) is 67.7 Å². The van der Waals surface area contributed by atoms with Crippen LogP contribution in [-0.2, 0) is 0 Å². The molecule has 3 atom stereocenters. The summed E-state index contributed by atoms with van der Waals surface area (Å²) in [7, 11) is 3.24. The van der Waals surface area contributed by atoms with E-state index in [9.17, 15) is 10.1 Å². The summed E-state index contributed by atoms with van der Waals surface area (Å²) in [6, 6.07) is 7.46. The van der Waals surface area contributed by atoms with E-state index in [1.54, 1.807) is 26.4 Å². The van der Waals surface area contributed by atoms with Crippen molar-refractivity contribution in [2.24, 2.45) is 5.92 Å². The third kappa shape index (κ3) is 2.94. The highest BCUT2D eigenvalue weighted by Crippen LogP contribution is 2.52. The van der Waals surface area contributed by atoms with Crippen molar-refractivity contribution in [2.45, 2.75) is 25.3 Å². The third-order valence-corrected chi connectivity index (χ3v) is 6.27. The normalized spacial score (nSPS) is 22.2. The first-order chi connectivity index (χ1) is 13.4. The summed E-state index contributed by atoms with van der Waals surface area (Å²) in [5.41, 5.74) is 4.10. The molecule has 0 radical (unpaired) electrons. The highest BCUT2D eigenvalue weighted by atomic mass is 79.9. The smallest absolute Gasteiger partial charge is 0.270 e. The number of methoxy groups -OCH3 is 2. The topological polar surface area (TPSA) is 73.6 Å². The number of aryl methyl sites for hydroxylation is 1. The van der Waals surface area contributed by atoms with E-state index in [1.165, 1.54) is 0 Å². The first kappa shape index (κ1) is 18.8. The summed E-state index contributed by atoms with van der Waals surface area (Å²) in [4.78, 5) is 11.0. The van der Waals surface area contributed by atoms with Gasteiger partial charge in [-0.2, -0.15) is 0 Å². The predicted molar refractivity (Wildman–Crippen MR) is 111 cm³/mol. The largest absolute Gasteiger partial charge is 0.493 e. The van der Waals surface area contributed by atoms with Gasteiger partial charge in [-0.25, -0.2) is 0 Å². The summed E-state index contributed by atoms with van der Waals surface area (Å²) in [5.74, 6) is 1.75. The average Bonchev–Trinajstić information content (AvgIpc) is 3.16. The molecule has 28 heavy (non-hydrogen) atoms. The van der Waals surface area contributed by atoms with Crippen LogP contribution in [0.3, 0.4) is 0 Å². The van der Waals surface area contributed by atoms with E-state index in [2.05, 4.69) is 39.5 Å². The van der Waals surface area contributed by atoms with Crippen molar-refractivity contribution in [1.82, 2.24) is 0 Å². The summed E-state index contributed by atoms with van der Waals surface area (Å²) in [6.07, 6.45) is 5.26. The molecule has 1 heterocycles. The highest BCUT2D eigenvalue weighted by molar-refractivity contribution is 9.10. The maximum Gasteiger partial charge on any atom is 0.270 e. The fourth-order valence-electron chi connectivity index (χ4n) is 4.42. The van der Waals surface area contributed by atoms with Gasteiger partial charge in [0.25, 0.3) is 5.69 Å². The lowest BCUT2D eigenvalue weighted by atomic mass is 9.76. The van der Waals surface area contributed by atoms with E-state index >= 15 is 0 Å². The zero-order chi connectivity index (χ0) is 20.0. The molecule has 146 valence electrons. The van der Waals surface area contributed by atoms with E-state index in [4.69, 9.17) is 9.47 Å². The first-order valence-corrected chi connectivity index (χ1v) is 9.87. The number of hydrogen-bond donors (Lipinski definition) is 1. The number of nitrogens with one attached hydrogen (secondary N) is 1. The minimum Gasteiger partial charge on any atom is -0.493 e. The molecule has 0 aromatic heterocycles. The van der Waals surface area contributed by atoms with Gasteiger partial charge >= 0.3 is 0 Å². The number of nitro benzene ring substituents is 1. The number of rotatable bonds is 4. The van der Waals surface area contributed by atoms with Crippen LogP contribution in [0.15, 0.2) is 40.9 Å². The van der Waals surface area contributed by atoms with Crippen molar-refractivity contribution >= 4 is 27.3 Å². The van der Waals surface area contributed by atoms with Crippen molar-refractivity contribution in [2.75, 3.05) is 19.5 Å². The quantitative estimate of drug-likeness (QED) is 0.382. The van der Waals surface area contributed by atoms with Gasteiger partial charge in [0.15, 0.2) is 11.5 Å². The van der Waals surface area contributed by atoms with E-state index < -0.39 is 0 Å². The number of ether oxygens (including phenoxy) is 2. The number of benzene rings is 2. The predicted octanol–water partition coefficient (Wildman–Crippen LogP) is 5.51. The molecule has 1 aliphatic heterocycles. The van der Waals surface area contributed by atoms with Crippen molar-refractivity contribution in [3.8, 4) is 11.5 Å². The second-order valence-electron chi connectivity index (χ2n) is 7.20. The lowest BCUT2D eigenvalue weighted by molar-refractivity contribution is -0.385. The van der Waals surface area contributed by atoms with Crippen LogP contribution in [0.4, 0.5) is 11.4 Å². The average molecular weight is 445 g/mol. The van der Waals surface area contributed by atoms with Gasteiger partial charge in [0.05, 0.1) is 29.7 Å². The van der Waals surface area contributed by atoms with Crippen LogP contribution >= 0.6 is 15.9 Å². The van der Waals surface area contributed by atoms with Gasteiger partial charge in [-0.3, -0.25) is 10.1 Å². The van der Waals surface area contributed by atoms with Crippen molar-refractivity contribution in [3.63, 3.8) is 0 Å². The van der Waals surface area contributed by atoms with Gasteiger partial charge in [0.2, 0.25) is 0 Å². The molecule has 1 aliphatic carbocycles. The van der Waals surface area contributed by atoms with E-state index in [-0.39, 0.29) is 28.5 Å². The van der Waals surface area contributed by atoms with Crippen LogP contribution in [0.5, 0.6) is 11.5 Å². The van der Waals surface area contributed by atoms with Gasteiger partial charge in [0.1, 0.15) is 0 Å². The standard InChI is InChI=1S/C21H21BrN2O4/c1-11-7-13(24(25)26)10-16-14-5-4-6-15(14)20(23-19(11)16)12-8-17(22)21(28-3)18(9-12)27-2/h4-5,7-10,14-15,20,23H,6H2,1-3H3/t14?,15?,20-/m1/s1. The fourth-order valence-corrected chi connectivity index (χ4v) is 5.04. The Morgan fingerprint density at radius 1 is 1.21 bits per heavy atom. The Hall–Kier alpha value is -2.54. The Labute approximate surface area is 171 Å². The molecule has 2 aliphatic rings. The Bertz CT molecular complexity index is 989. The molecule has 2 aromatic carbocycles. The molecular weight excluding hydrogens is 424 g/mol. The summed E-state index contributed by atoms with van der Waals surface area (Å²) < 4.78 is 11.8. The number of allylic oxidation sites excluding steroid dienone is 2. The molecule has 4 rings (SSSR count). The molecule has 0 saturated heterocycles. The summed E-state index contributed by atoms with van der Waals surface area (Å²) in [5, 5.41) is 15.0. The van der Waals surface area contributed by atoms with Crippen LogP contribution in [0.25, 0.3) is 0 Å². The van der Waals surface area contributed by atoms with Crippen LogP contribution in [-0.4, -0.2) is 19.1 Å². The van der Waals surface area contributed by atoms with Crippen LogP contribution in [0.2, 0.25) is 0 Å². The number of halogens is 1. The van der Waals surface area contributed by atoms with Crippen LogP contribution in [0.1, 0.15) is 35.1 Å². The molecule has 0 saturated carbocycles. The van der Waals surface area contributed by atoms with Crippen LogP contribution in [0, 0.1) is 23.0 Å². The highest BCUT2D eigenvalue weighted by Gasteiger charge is 2.39. The molecular formula is C21H21BrN2O4. The monoisotopic (exact) mass is 444 g/mol. The van der Waals surface area contributed by atoms with Gasteiger partial charge in [0, 0.05) is 23.7 Å². The number of fused-ring (bicyclic) bond motifs is 3. The SMILES string of the molecule is COc1cc([C@H]2Nc3c(C)cc([N+](=O)[O-])cc3C3C=CCC32)cc(Br)c1OC. The fraction of sp³-hybridized carbons (Fsp3) is 0.333. The number of non-ortho nitro benzene ring substituents is 1. The maximum absolute atomic E-state index is 11.3. The van der Waals surface area contributed by atoms with E-state index in [0.29, 0.717) is 11.5 Å². The molecule has 0 spiro atoms. The van der Waals surface area contributed by atoms with E-state index in [0.717, 1.165) is 33.3 Å². The molecule has 7 heteroatoms. The zero-order valence-electron chi connectivity index (χ0n) is 15.9. The number of nitro groups is 1. The van der Waals surface area contributed by atoms with Gasteiger partial charge in [-0.05, 0) is 64.0 Å². The minimum absolute atomic E-state index is 0.0590. The molecule has 0 bridgehead atoms. The number of anilines is 1. The summed E-state index contributed by atoms with van der Waals surface area (Å²) >= 11 is 3.59. The van der Waals surface area contributed by atoms with Gasteiger partial charge in [-0.15, -0.1) is 0 Å². The lowest BCUT2D eigenvalue weighted by Gasteiger charge is -2.38. The maximum atomic E-state index is 11.3. The summed E-state index contributed by atoms with van der Waals surface area (Å²) in [6.45, 7) is 1.92. The second-order valence-corrected chi connectivity index (χ2v) is 8.05. The second kappa shape index (κ2) is 7.13. The molecule has 6 nitrogen and oxygen atoms in total. The van der Waals surface area contributed by atoms with Gasteiger partial charge < -0.3 is 14.8 Å². The van der Waals surface area contributed by atoms with Crippen molar-refractivity contribution < 1.29 is 14.4 Å². The Balaban J connectivity index is 1.82. The number of hydrogen-bond acceptors (Lipinski definition) is 5. The van der Waals surface area contributed by atoms with Crippen molar-refractivity contribution in [1.29, 1.82) is 0 Å². The third-order valence-electron chi connectivity index (χ3n) is 5.68.